The molecule has 0 bridgehead atoms. The fourth-order valence-corrected chi connectivity index (χ4v) is 16.4. The second kappa shape index (κ2) is 22.0. The van der Waals surface area contributed by atoms with Gasteiger partial charge < -0.3 is 9.80 Å². The van der Waals surface area contributed by atoms with Crippen LogP contribution in [0.5, 0.6) is 0 Å². The molecule has 2 heterocycles. The molecule has 9 aromatic carbocycles. The maximum atomic E-state index is 2.73. The molecule has 0 N–H and O–H groups in total. The third-order valence-electron chi connectivity index (χ3n) is 19.6. The van der Waals surface area contributed by atoms with E-state index in [0.29, 0.717) is 5.92 Å². The Hall–Kier alpha value is -6.92. The lowest BCUT2D eigenvalue weighted by Crippen LogP contribution is -2.61. The standard InChI is InChI=1S/C82H95BN2Si2/c1-79(2,3)62-36-30-55(31-37-62)68-52-64(81(7,8)9)40-44-72(68)84-74-42-34-59(57-26-22-28-66(46-57)86(13,14)15)48-70(74)83-71-49-60(58-27-23-29-67(47-58)87(16,17)18)35-43-75(71)85(77-51-61(50-76(84)78(77)83)54-24-20-19-21-25-54)73-45-41-65(82(10,11)12)53-69(73)56-32-38-63(39-33-56)80(4,5)6/h22-23,26-54H,19-21,24-25H2,1-18H3. The molecule has 0 radical (unpaired) electrons. The molecule has 3 aliphatic rings. The number of hydrogen-bond acceptors (Lipinski definition) is 2. The number of rotatable bonds is 9. The molecule has 2 aliphatic heterocycles. The summed E-state index contributed by atoms with van der Waals surface area (Å²) in [6, 6.07) is 73.5. The summed E-state index contributed by atoms with van der Waals surface area (Å²) in [5.74, 6) is 0.452. The lowest BCUT2D eigenvalue weighted by atomic mass is 9.33. The van der Waals surface area contributed by atoms with Gasteiger partial charge in [-0.25, -0.2) is 0 Å². The number of nitrogens with zero attached hydrogens (tertiary/aromatic N) is 2. The topological polar surface area (TPSA) is 6.48 Å². The summed E-state index contributed by atoms with van der Waals surface area (Å²) >= 11 is 0. The minimum Gasteiger partial charge on any atom is -0.311 e. The van der Waals surface area contributed by atoms with Crippen LogP contribution in [0.1, 0.15) is 149 Å². The lowest BCUT2D eigenvalue weighted by molar-refractivity contribution is 0.444. The van der Waals surface area contributed by atoms with Crippen molar-refractivity contribution in [2.24, 2.45) is 0 Å². The van der Waals surface area contributed by atoms with Gasteiger partial charge in [-0.2, -0.15) is 0 Å². The van der Waals surface area contributed by atoms with E-state index < -0.39 is 16.1 Å². The van der Waals surface area contributed by atoms with Gasteiger partial charge in [0.2, 0.25) is 0 Å². The zero-order chi connectivity index (χ0) is 61.9. The van der Waals surface area contributed by atoms with Crippen molar-refractivity contribution in [3.05, 3.63) is 210 Å². The molecule has 0 saturated heterocycles. The molecule has 2 nitrogen and oxygen atoms in total. The Morgan fingerprint density at radius 2 is 0.678 bits per heavy atom. The molecule has 0 aromatic heterocycles. The summed E-state index contributed by atoms with van der Waals surface area (Å²) in [6.45, 7) is 42.9. The Labute approximate surface area is 526 Å². The van der Waals surface area contributed by atoms with Gasteiger partial charge in [0.1, 0.15) is 0 Å². The minimum atomic E-state index is -1.65. The van der Waals surface area contributed by atoms with Crippen LogP contribution in [-0.4, -0.2) is 22.9 Å². The summed E-state index contributed by atoms with van der Waals surface area (Å²) in [7, 11) is -3.29. The molecule has 12 rings (SSSR count). The van der Waals surface area contributed by atoms with Gasteiger partial charge >= 0.3 is 0 Å². The minimum absolute atomic E-state index is 0.0301. The Balaban J connectivity index is 1.23. The van der Waals surface area contributed by atoms with Crippen molar-refractivity contribution < 1.29 is 0 Å². The molecule has 0 unspecified atom stereocenters. The summed E-state index contributed by atoms with van der Waals surface area (Å²) < 4.78 is 0. The van der Waals surface area contributed by atoms with Crippen molar-refractivity contribution in [3.63, 3.8) is 0 Å². The fourth-order valence-electron chi connectivity index (χ4n) is 14.1. The van der Waals surface area contributed by atoms with Gasteiger partial charge in [-0.3, -0.25) is 0 Å². The molecule has 0 amide bonds. The molecule has 1 aliphatic carbocycles. The number of anilines is 6. The van der Waals surface area contributed by atoms with Gasteiger partial charge in [-0.1, -0.05) is 285 Å². The first-order valence-electron chi connectivity index (χ1n) is 32.7. The van der Waals surface area contributed by atoms with E-state index in [2.05, 4.69) is 314 Å². The van der Waals surface area contributed by atoms with E-state index in [9.17, 15) is 0 Å². The zero-order valence-electron chi connectivity index (χ0n) is 55.9. The highest BCUT2D eigenvalue weighted by Gasteiger charge is 2.45. The Bertz CT molecular complexity index is 3830. The third kappa shape index (κ3) is 11.6. The highest BCUT2D eigenvalue weighted by Crippen LogP contribution is 2.52. The van der Waals surface area contributed by atoms with E-state index in [4.69, 9.17) is 0 Å². The van der Waals surface area contributed by atoms with Crippen LogP contribution in [-0.2, 0) is 21.7 Å². The summed E-state index contributed by atoms with van der Waals surface area (Å²) in [5, 5.41) is 2.96. The second-order valence-corrected chi connectivity index (χ2v) is 42.4. The number of fused-ring (bicyclic) bond motifs is 4. The average molecular weight is 1180 g/mol. The molecule has 0 spiro atoms. The van der Waals surface area contributed by atoms with Gasteiger partial charge in [0.25, 0.3) is 6.71 Å². The van der Waals surface area contributed by atoms with Crippen LogP contribution < -0.4 is 36.6 Å². The van der Waals surface area contributed by atoms with E-state index in [-0.39, 0.29) is 28.4 Å². The van der Waals surface area contributed by atoms with Gasteiger partial charge in [-0.05, 0) is 167 Å². The van der Waals surface area contributed by atoms with Crippen LogP contribution in [0, 0.1) is 0 Å². The van der Waals surface area contributed by atoms with Crippen molar-refractivity contribution >= 4 is 83.7 Å². The van der Waals surface area contributed by atoms with Crippen LogP contribution >= 0.6 is 0 Å². The largest absolute Gasteiger partial charge is 0.311 e. The van der Waals surface area contributed by atoms with Crippen molar-refractivity contribution in [2.75, 3.05) is 9.80 Å². The van der Waals surface area contributed by atoms with Gasteiger partial charge in [-0.15, -0.1) is 0 Å². The average Bonchev–Trinajstić information content (AvgIpc) is 0.699. The molecular formula is C82H95BN2Si2. The summed E-state index contributed by atoms with van der Waals surface area (Å²) in [5.41, 5.74) is 28.4. The van der Waals surface area contributed by atoms with E-state index >= 15 is 0 Å². The Morgan fingerprint density at radius 1 is 0.333 bits per heavy atom. The van der Waals surface area contributed by atoms with Crippen molar-refractivity contribution in [1.82, 2.24) is 0 Å². The molecule has 9 aromatic rings. The molecule has 444 valence electrons. The number of hydrogen-bond donors (Lipinski definition) is 0. The molecule has 0 atom stereocenters. The number of benzene rings is 9. The first-order chi connectivity index (χ1) is 40.9. The molecule has 5 heteroatoms. The Morgan fingerprint density at radius 3 is 1.05 bits per heavy atom. The third-order valence-corrected chi connectivity index (χ3v) is 23.7. The molecule has 1 saturated carbocycles. The lowest BCUT2D eigenvalue weighted by Gasteiger charge is -2.46. The predicted octanol–water partition coefficient (Wildman–Crippen LogP) is 20.8. The highest BCUT2D eigenvalue weighted by atomic mass is 28.3. The van der Waals surface area contributed by atoms with E-state index in [1.165, 1.54) is 165 Å². The maximum Gasteiger partial charge on any atom is 0.252 e. The van der Waals surface area contributed by atoms with Crippen LogP contribution in [0.2, 0.25) is 39.3 Å². The van der Waals surface area contributed by atoms with E-state index in [1.807, 2.05) is 0 Å². The van der Waals surface area contributed by atoms with Crippen molar-refractivity contribution in [3.8, 4) is 44.5 Å². The SMILES string of the molecule is CC(C)(C)c1ccc(-c2cc(C(C)(C)C)ccc2N2c3ccc(-c4cccc([Si](C)(C)C)c4)cc3B3c4cc(-c5cccc([Si](C)(C)C)c5)ccc4N(c4ccc(C(C)(C)C)cc4-c4ccc(C(C)(C)C)cc4)c4cc(C5CCCCC5)cc2c43)cc1. The van der Waals surface area contributed by atoms with E-state index in [0.717, 1.165) is 0 Å². The zero-order valence-corrected chi connectivity index (χ0v) is 57.9. The van der Waals surface area contributed by atoms with Crippen LogP contribution in [0.4, 0.5) is 34.1 Å². The van der Waals surface area contributed by atoms with Gasteiger partial charge in [0.05, 0.1) is 27.5 Å². The first kappa shape index (κ1) is 60.4. The fraction of sp³-hybridized carbons (Fsp3) is 0.341. The normalized spacial score (nSPS) is 14.9. The van der Waals surface area contributed by atoms with E-state index in [1.54, 1.807) is 0 Å². The van der Waals surface area contributed by atoms with Gasteiger partial charge in [0, 0.05) is 33.9 Å². The smallest absolute Gasteiger partial charge is 0.252 e. The van der Waals surface area contributed by atoms with Gasteiger partial charge in [0.15, 0.2) is 0 Å². The second-order valence-electron chi connectivity index (χ2n) is 32.2. The molecule has 1 fully saturated rings. The quantitative estimate of drug-likeness (QED) is 0.133. The van der Waals surface area contributed by atoms with Crippen LogP contribution in [0.3, 0.4) is 0 Å². The summed E-state index contributed by atoms with van der Waals surface area (Å²) in [4.78, 5) is 5.47. The van der Waals surface area contributed by atoms with Crippen molar-refractivity contribution in [1.29, 1.82) is 0 Å². The maximum absolute atomic E-state index is 2.73. The molecular weight excluding hydrogens is 1080 g/mol. The summed E-state index contributed by atoms with van der Waals surface area (Å²) in [6.07, 6.45) is 6.22. The predicted molar refractivity (Wildman–Crippen MR) is 389 cm³/mol. The first-order valence-corrected chi connectivity index (χ1v) is 39.7. The monoisotopic (exact) mass is 1170 g/mol. The Kier molecular flexibility index (Phi) is 15.3. The van der Waals surface area contributed by atoms with Crippen LogP contribution in [0.15, 0.2) is 182 Å². The highest BCUT2D eigenvalue weighted by molar-refractivity contribution is 7.00. The molecule has 87 heavy (non-hydrogen) atoms. The van der Waals surface area contributed by atoms with Crippen molar-refractivity contribution in [2.45, 2.75) is 182 Å². The van der Waals surface area contributed by atoms with Crippen LogP contribution in [0.25, 0.3) is 44.5 Å².